The second-order valence-corrected chi connectivity index (χ2v) is 5.20. The highest BCUT2D eigenvalue weighted by molar-refractivity contribution is 5.91. The zero-order chi connectivity index (χ0) is 13.8. The first-order chi connectivity index (χ1) is 9.11. The Balaban J connectivity index is 2.16. The van der Waals surface area contributed by atoms with E-state index in [2.05, 4.69) is 25.2 Å². The van der Waals surface area contributed by atoms with Crippen LogP contribution in [0.1, 0.15) is 43.7 Å². The molecule has 1 fully saturated rings. The van der Waals surface area contributed by atoms with E-state index >= 15 is 0 Å². The van der Waals surface area contributed by atoms with Crippen LogP contribution in [0.5, 0.6) is 0 Å². The average Bonchev–Trinajstić information content (AvgIpc) is 2.92. The van der Waals surface area contributed by atoms with Crippen LogP contribution in [-0.2, 0) is 0 Å². The highest BCUT2D eigenvalue weighted by atomic mass is 16.2. The monoisotopic (exact) mass is 257 g/mol. The molecule has 0 spiro atoms. The van der Waals surface area contributed by atoms with Crippen molar-refractivity contribution in [3.05, 3.63) is 29.3 Å². The number of likely N-dealkylation sites (tertiary alicyclic amines) is 1. The highest BCUT2D eigenvalue weighted by Crippen LogP contribution is 2.22. The summed E-state index contributed by atoms with van der Waals surface area (Å²) in [5.74, 6) is 0.371. The van der Waals surface area contributed by atoms with Crippen LogP contribution in [0.4, 0.5) is 10.5 Å². The van der Waals surface area contributed by atoms with Gasteiger partial charge in [0.2, 0.25) is 0 Å². The molecule has 2 amide bonds. The molecule has 0 aromatic heterocycles. The van der Waals surface area contributed by atoms with Crippen molar-refractivity contribution in [3.8, 4) is 6.07 Å². The first kappa shape index (κ1) is 13.4. The number of nitriles is 1. The van der Waals surface area contributed by atoms with Gasteiger partial charge < -0.3 is 10.2 Å². The molecular weight excluding hydrogens is 238 g/mol. The van der Waals surface area contributed by atoms with Gasteiger partial charge >= 0.3 is 6.03 Å². The van der Waals surface area contributed by atoms with E-state index in [9.17, 15) is 10.1 Å². The number of nitrogens with zero attached hydrogens (tertiary/aromatic N) is 2. The molecule has 0 atom stereocenters. The predicted octanol–water partition coefficient (Wildman–Crippen LogP) is 3.31. The van der Waals surface area contributed by atoms with Gasteiger partial charge in [-0.15, -0.1) is 0 Å². The lowest BCUT2D eigenvalue weighted by atomic mass is 10.0. The van der Waals surface area contributed by atoms with Crippen molar-refractivity contribution in [3.63, 3.8) is 0 Å². The van der Waals surface area contributed by atoms with Crippen LogP contribution in [0.25, 0.3) is 0 Å². The predicted molar refractivity (Wildman–Crippen MR) is 75.1 cm³/mol. The summed E-state index contributed by atoms with van der Waals surface area (Å²) in [5, 5.41) is 12.0. The lowest BCUT2D eigenvalue weighted by molar-refractivity contribution is 0.222. The summed E-state index contributed by atoms with van der Waals surface area (Å²) in [5.41, 5.74) is 2.23. The van der Waals surface area contributed by atoms with Crippen LogP contribution in [0.2, 0.25) is 0 Å². The normalized spacial score (nSPS) is 14.5. The summed E-state index contributed by atoms with van der Waals surface area (Å²) in [7, 11) is 0. The average molecular weight is 257 g/mol. The second-order valence-electron chi connectivity index (χ2n) is 5.20. The van der Waals surface area contributed by atoms with Crippen LogP contribution >= 0.6 is 0 Å². The number of hydrogen-bond acceptors (Lipinski definition) is 2. The maximum Gasteiger partial charge on any atom is 0.321 e. The number of amides is 2. The van der Waals surface area contributed by atoms with E-state index in [1.54, 1.807) is 4.90 Å². The lowest BCUT2D eigenvalue weighted by Crippen LogP contribution is -2.32. The number of hydrogen-bond donors (Lipinski definition) is 1. The van der Waals surface area contributed by atoms with E-state index < -0.39 is 0 Å². The molecule has 1 aromatic carbocycles. The molecule has 2 rings (SSSR count). The smallest absolute Gasteiger partial charge is 0.321 e. The van der Waals surface area contributed by atoms with E-state index in [4.69, 9.17) is 0 Å². The minimum atomic E-state index is -0.105. The second kappa shape index (κ2) is 5.75. The number of benzene rings is 1. The largest absolute Gasteiger partial charge is 0.325 e. The minimum absolute atomic E-state index is 0.105. The molecule has 0 unspecified atom stereocenters. The molecule has 1 aromatic rings. The van der Waals surface area contributed by atoms with Gasteiger partial charge in [0.05, 0.1) is 11.3 Å². The Morgan fingerprint density at radius 1 is 1.37 bits per heavy atom. The molecule has 0 radical (unpaired) electrons. The molecule has 0 saturated carbocycles. The molecule has 1 saturated heterocycles. The molecule has 1 heterocycles. The lowest BCUT2D eigenvalue weighted by Gasteiger charge is -2.17. The maximum absolute atomic E-state index is 12.0. The van der Waals surface area contributed by atoms with E-state index in [1.807, 2.05) is 18.2 Å². The molecule has 0 aliphatic carbocycles. The molecule has 1 N–H and O–H groups in total. The maximum atomic E-state index is 12.0. The number of urea groups is 1. The third-order valence-electron chi connectivity index (χ3n) is 3.47. The number of nitrogens with one attached hydrogen (secondary N) is 1. The third kappa shape index (κ3) is 3.05. The van der Waals surface area contributed by atoms with Gasteiger partial charge in [0.15, 0.2) is 0 Å². The molecular formula is C15H19N3O. The first-order valence-electron chi connectivity index (χ1n) is 6.72. The Hall–Kier alpha value is -2.02. The van der Waals surface area contributed by atoms with Crippen molar-refractivity contribution in [1.82, 2.24) is 4.90 Å². The fourth-order valence-corrected chi connectivity index (χ4v) is 2.24. The minimum Gasteiger partial charge on any atom is -0.325 e. The van der Waals surface area contributed by atoms with Crippen LogP contribution in [0.15, 0.2) is 18.2 Å². The number of rotatable bonds is 2. The van der Waals surface area contributed by atoms with Crippen molar-refractivity contribution >= 4 is 11.7 Å². The van der Waals surface area contributed by atoms with Crippen LogP contribution in [0.3, 0.4) is 0 Å². The Labute approximate surface area is 114 Å². The van der Waals surface area contributed by atoms with Gasteiger partial charge in [-0.25, -0.2) is 4.79 Å². The first-order valence-corrected chi connectivity index (χ1v) is 6.72. The highest BCUT2D eigenvalue weighted by Gasteiger charge is 2.18. The van der Waals surface area contributed by atoms with Gasteiger partial charge in [0, 0.05) is 13.1 Å². The van der Waals surface area contributed by atoms with Crippen molar-refractivity contribution < 1.29 is 4.79 Å². The molecule has 1 aliphatic heterocycles. The van der Waals surface area contributed by atoms with E-state index in [0.29, 0.717) is 17.2 Å². The van der Waals surface area contributed by atoms with Crippen molar-refractivity contribution in [1.29, 1.82) is 5.26 Å². The Morgan fingerprint density at radius 2 is 2.05 bits per heavy atom. The summed E-state index contributed by atoms with van der Waals surface area (Å²) >= 11 is 0. The van der Waals surface area contributed by atoms with Crippen LogP contribution < -0.4 is 5.32 Å². The number of carbonyl (C=O) groups excluding carboxylic acids is 1. The number of anilines is 1. The zero-order valence-corrected chi connectivity index (χ0v) is 11.4. The summed E-state index contributed by atoms with van der Waals surface area (Å²) < 4.78 is 0. The summed E-state index contributed by atoms with van der Waals surface area (Å²) in [4.78, 5) is 13.8. The summed E-state index contributed by atoms with van der Waals surface area (Å²) in [6.45, 7) is 5.77. The number of carbonyl (C=O) groups is 1. The van der Waals surface area contributed by atoms with Crippen molar-refractivity contribution in [2.24, 2.45) is 0 Å². The molecule has 0 bridgehead atoms. The van der Waals surface area contributed by atoms with Gasteiger partial charge in [-0.05, 0) is 36.5 Å². The van der Waals surface area contributed by atoms with Crippen molar-refractivity contribution in [2.75, 3.05) is 18.4 Å². The van der Waals surface area contributed by atoms with Crippen LogP contribution in [-0.4, -0.2) is 24.0 Å². The van der Waals surface area contributed by atoms with Gasteiger partial charge in [-0.3, -0.25) is 0 Å². The topological polar surface area (TPSA) is 56.1 Å². The fourth-order valence-electron chi connectivity index (χ4n) is 2.24. The summed E-state index contributed by atoms with van der Waals surface area (Å²) in [6, 6.07) is 7.68. The van der Waals surface area contributed by atoms with Gasteiger partial charge in [-0.1, -0.05) is 19.9 Å². The third-order valence-corrected chi connectivity index (χ3v) is 3.47. The van der Waals surface area contributed by atoms with E-state index in [-0.39, 0.29) is 6.03 Å². The van der Waals surface area contributed by atoms with Gasteiger partial charge in [-0.2, -0.15) is 5.26 Å². The van der Waals surface area contributed by atoms with Gasteiger partial charge in [0.25, 0.3) is 0 Å². The molecule has 1 aliphatic rings. The molecule has 19 heavy (non-hydrogen) atoms. The fraction of sp³-hybridized carbons (Fsp3) is 0.467. The standard InChI is InChI=1S/C15H19N3O/c1-11(2)12-5-6-14(13(9-12)10-16)17-15(19)18-7-3-4-8-18/h5-6,9,11H,3-4,7-8H2,1-2H3,(H,17,19). The molecule has 4 nitrogen and oxygen atoms in total. The van der Waals surface area contributed by atoms with E-state index in [0.717, 1.165) is 31.5 Å². The van der Waals surface area contributed by atoms with E-state index in [1.165, 1.54) is 0 Å². The van der Waals surface area contributed by atoms with Crippen LogP contribution in [0, 0.1) is 11.3 Å². The quantitative estimate of drug-likeness (QED) is 0.883. The Morgan fingerprint density at radius 3 is 2.63 bits per heavy atom. The molecule has 100 valence electrons. The van der Waals surface area contributed by atoms with Crippen molar-refractivity contribution in [2.45, 2.75) is 32.6 Å². The summed E-state index contributed by atoms with van der Waals surface area (Å²) in [6.07, 6.45) is 2.12. The molecule has 4 heteroatoms. The SMILES string of the molecule is CC(C)c1ccc(NC(=O)N2CCCC2)c(C#N)c1. The Kier molecular flexibility index (Phi) is 4.06. The zero-order valence-electron chi connectivity index (χ0n) is 11.4. The van der Waals surface area contributed by atoms with Gasteiger partial charge in [0.1, 0.15) is 6.07 Å². The Bertz CT molecular complexity index is 511.